The zero-order valence-electron chi connectivity index (χ0n) is 19.6. The van der Waals surface area contributed by atoms with E-state index in [1.165, 1.54) is 0 Å². The average Bonchev–Trinajstić information content (AvgIpc) is 2.94. The summed E-state index contributed by atoms with van der Waals surface area (Å²) in [6, 6.07) is 40.1. The first-order chi connectivity index (χ1) is 17.7. The monoisotopic (exact) mass is 469 g/mol. The van der Waals surface area contributed by atoms with Crippen LogP contribution in [-0.2, 0) is 0 Å². The van der Waals surface area contributed by atoms with Gasteiger partial charge in [-0.2, -0.15) is 4.57 Å². The van der Waals surface area contributed by atoms with Crippen LogP contribution in [0.2, 0.25) is 0 Å². The van der Waals surface area contributed by atoms with Crippen molar-refractivity contribution in [2.45, 2.75) is 0 Å². The number of aromatic nitrogens is 1. The minimum Gasteiger partial charge on any atom is -0.478 e. The lowest BCUT2D eigenvalue weighted by Crippen LogP contribution is -2.29. The molecule has 0 saturated heterocycles. The molecular formula is C32H25N2O2+. The summed E-state index contributed by atoms with van der Waals surface area (Å²) in [5, 5.41) is 9.07. The normalized spacial score (nSPS) is 10.9. The van der Waals surface area contributed by atoms with Gasteiger partial charge in [0.1, 0.15) is 0 Å². The Morgan fingerprint density at radius 2 is 1.06 bits per heavy atom. The van der Waals surface area contributed by atoms with E-state index in [0.717, 1.165) is 33.9 Å². The van der Waals surface area contributed by atoms with E-state index in [2.05, 4.69) is 89.8 Å². The molecule has 0 atom stereocenters. The highest BCUT2D eigenvalue weighted by Gasteiger charge is 2.11. The molecule has 0 aliphatic rings. The maximum absolute atomic E-state index is 11.0. The Bertz CT molecular complexity index is 1420. The van der Waals surface area contributed by atoms with Crippen molar-refractivity contribution in [2.75, 3.05) is 4.90 Å². The molecule has 0 fully saturated rings. The SMILES string of the molecule is O=C(O)c1ccc(-[n+]2ccc(C=Cc3ccc(N(c4ccccc4)c4ccccc4)cc3)cc2)cc1. The summed E-state index contributed by atoms with van der Waals surface area (Å²) in [6.45, 7) is 0. The van der Waals surface area contributed by atoms with Gasteiger partial charge in [0.15, 0.2) is 12.4 Å². The highest BCUT2D eigenvalue weighted by Crippen LogP contribution is 2.34. The van der Waals surface area contributed by atoms with Gasteiger partial charge in [0.25, 0.3) is 0 Å². The Morgan fingerprint density at radius 1 is 0.583 bits per heavy atom. The van der Waals surface area contributed by atoms with Crippen LogP contribution in [0.5, 0.6) is 0 Å². The summed E-state index contributed by atoms with van der Waals surface area (Å²) in [5.74, 6) is -0.923. The first-order valence-electron chi connectivity index (χ1n) is 11.7. The molecule has 5 rings (SSSR count). The summed E-state index contributed by atoms with van der Waals surface area (Å²) >= 11 is 0. The first-order valence-corrected chi connectivity index (χ1v) is 11.7. The van der Waals surface area contributed by atoms with Gasteiger partial charge in [-0.05, 0) is 59.7 Å². The molecule has 4 aromatic carbocycles. The van der Waals surface area contributed by atoms with Crippen LogP contribution in [0, 0.1) is 0 Å². The molecule has 0 bridgehead atoms. The second kappa shape index (κ2) is 10.5. The zero-order valence-corrected chi connectivity index (χ0v) is 19.6. The van der Waals surface area contributed by atoms with Crippen LogP contribution in [-0.4, -0.2) is 11.1 Å². The molecule has 4 heteroatoms. The summed E-state index contributed by atoms with van der Waals surface area (Å²) in [4.78, 5) is 13.3. The van der Waals surface area contributed by atoms with E-state index >= 15 is 0 Å². The van der Waals surface area contributed by atoms with Gasteiger partial charge in [0, 0.05) is 41.3 Å². The molecular weight excluding hydrogens is 444 g/mol. The van der Waals surface area contributed by atoms with Gasteiger partial charge in [0.2, 0.25) is 5.69 Å². The molecule has 1 aromatic heterocycles. The van der Waals surface area contributed by atoms with Gasteiger partial charge in [-0.1, -0.05) is 60.7 Å². The van der Waals surface area contributed by atoms with Gasteiger partial charge < -0.3 is 10.0 Å². The molecule has 0 amide bonds. The van der Waals surface area contributed by atoms with Crippen molar-refractivity contribution in [3.05, 3.63) is 150 Å². The summed E-state index contributed by atoms with van der Waals surface area (Å²) < 4.78 is 1.96. The molecule has 36 heavy (non-hydrogen) atoms. The number of hydrogen-bond donors (Lipinski definition) is 1. The number of carboxylic acids is 1. The molecule has 1 heterocycles. The number of anilines is 3. The average molecular weight is 470 g/mol. The zero-order chi connectivity index (χ0) is 24.7. The highest BCUT2D eigenvalue weighted by molar-refractivity contribution is 5.87. The number of nitrogens with zero attached hydrogens (tertiary/aromatic N) is 2. The molecule has 0 radical (unpaired) electrons. The third-order valence-electron chi connectivity index (χ3n) is 5.92. The van der Waals surface area contributed by atoms with Crippen molar-refractivity contribution in [3.8, 4) is 5.69 Å². The number of rotatable bonds is 7. The van der Waals surface area contributed by atoms with E-state index in [-0.39, 0.29) is 5.56 Å². The number of aromatic carboxylic acids is 1. The van der Waals surface area contributed by atoms with Crippen molar-refractivity contribution in [1.29, 1.82) is 0 Å². The topological polar surface area (TPSA) is 44.4 Å². The summed E-state index contributed by atoms with van der Waals surface area (Å²) in [7, 11) is 0. The molecule has 0 unspecified atom stereocenters. The van der Waals surface area contributed by atoms with E-state index < -0.39 is 5.97 Å². The molecule has 5 aromatic rings. The lowest BCUT2D eigenvalue weighted by atomic mass is 10.1. The summed E-state index contributed by atoms with van der Waals surface area (Å²) in [6.07, 6.45) is 8.12. The summed E-state index contributed by atoms with van der Waals surface area (Å²) in [5.41, 5.74) is 6.70. The van der Waals surface area contributed by atoms with Gasteiger partial charge in [0.05, 0.1) is 5.56 Å². The van der Waals surface area contributed by atoms with Crippen LogP contribution in [0.1, 0.15) is 21.5 Å². The van der Waals surface area contributed by atoms with E-state index in [0.29, 0.717) is 0 Å². The van der Waals surface area contributed by atoms with Gasteiger partial charge in [-0.25, -0.2) is 4.79 Å². The van der Waals surface area contributed by atoms with Gasteiger partial charge in [-0.15, -0.1) is 0 Å². The van der Waals surface area contributed by atoms with Crippen LogP contribution in [0.3, 0.4) is 0 Å². The minimum atomic E-state index is -0.923. The third kappa shape index (κ3) is 5.24. The second-order valence-electron chi connectivity index (χ2n) is 8.32. The smallest absolute Gasteiger partial charge is 0.335 e. The number of carboxylic acid groups (broad SMARTS) is 1. The Morgan fingerprint density at radius 3 is 1.56 bits per heavy atom. The second-order valence-corrected chi connectivity index (χ2v) is 8.32. The van der Waals surface area contributed by atoms with E-state index in [9.17, 15) is 4.79 Å². The van der Waals surface area contributed by atoms with Crippen molar-refractivity contribution < 1.29 is 14.5 Å². The van der Waals surface area contributed by atoms with Crippen LogP contribution in [0.4, 0.5) is 17.1 Å². The molecule has 0 aliphatic heterocycles. The number of carbonyl (C=O) groups is 1. The fourth-order valence-electron chi connectivity index (χ4n) is 4.03. The van der Waals surface area contributed by atoms with Crippen molar-refractivity contribution >= 4 is 35.2 Å². The van der Waals surface area contributed by atoms with Crippen molar-refractivity contribution in [1.82, 2.24) is 0 Å². The van der Waals surface area contributed by atoms with Crippen LogP contribution >= 0.6 is 0 Å². The maximum Gasteiger partial charge on any atom is 0.335 e. The first kappa shape index (κ1) is 22.8. The van der Waals surface area contributed by atoms with E-state index in [4.69, 9.17) is 5.11 Å². The third-order valence-corrected chi connectivity index (χ3v) is 5.92. The lowest BCUT2D eigenvalue weighted by Gasteiger charge is -2.25. The molecule has 174 valence electrons. The van der Waals surface area contributed by atoms with Gasteiger partial charge in [-0.3, -0.25) is 0 Å². The lowest BCUT2D eigenvalue weighted by molar-refractivity contribution is -0.595. The molecule has 0 spiro atoms. The predicted octanol–water partition coefficient (Wildman–Crippen LogP) is 7.30. The van der Waals surface area contributed by atoms with Crippen LogP contribution in [0.25, 0.3) is 17.8 Å². The Kier molecular flexibility index (Phi) is 6.68. The molecule has 0 saturated carbocycles. The Labute approximate surface area is 210 Å². The molecule has 4 nitrogen and oxygen atoms in total. The fraction of sp³-hybridized carbons (Fsp3) is 0. The number of benzene rings is 4. The maximum atomic E-state index is 11.0. The number of hydrogen-bond acceptors (Lipinski definition) is 2. The number of pyridine rings is 1. The minimum absolute atomic E-state index is 0.278. The van der Waals surface area contributed by atoms with Crippen LogP contribution in [0.15, 0.2) is 134 Å². The van der Waals surface area contributed by atoms with E-state index in [1.807, 2.05) is 41.2 Å². The Balaban J connectivity index is 1.32. The highest BCUT2D eigenvalue weighted by atomic mass is 16.4. The van der Waals surface area contributed by atoms with Crippen molar-refractivity contribution in [2.24, 2.45) is 0 Å². The van der Waals surface area contributed by atoms with Crippen LogP contribution < -0.4 is 9.47 Å². The molecule has 0 aliphatic carbocycles. The quantitative estimate of drug-likeness (QED) is 0.254. The van der Waals surface area contributed by atoms with Crippen molar-refractivity contribution in [3.63, 3.8) is 0 Å². The number of para-hydroxylation sites is 2. The van der Waals surface area contributed by atoms with E-state index in [1.54, 1.807) is 24.3 Å². The fourth-order valence-corrected chi connectivity index (χ4v) is 4.03. The molecule has 1 N–H and O–H groups in total. The largest absolute Gasteiger partial charge is 0.478 e. The standard InChI is InChI=1S/C32H24N2O2/c35-32(36)27-15-19-28(20-16-27)33-23-21-26(22-24-33)12-11-25-13-17-31(18-14-25)34(29-7-3-1-4-8-29)30-9-5-2-6-10-30/h1-24H/p+1. The Hall–Kier alpha value is -4.96. The predicted molar refractivity (Wildman–Crippen MR) is 145 cm³/mol. The van der Waals surface area contributed by atoms with Gasteiger partial charge >= 0.3 is 5.97 Å².